The van der Waals surface area contributed by atoms with Gasteiger partial charge in [0.05, 0.1) is 17.2 Å². The van der Waals surface area contributed by atoms with Crippen molar-refractivity contribution in [2.45, 2.75) is 26.8 Å². The van der Waals surface area contributed by atoms with Gasteiger partial charge in [-0.25, -0.2) is 0 Å². The number of hydrogen-bond acceptors (Lipinski definition) is 4. The molecule has 0 saturated carbocycles. The first-order valence-corrected chi connectivity index (χ1v) is 5.35. The van der Waals surface area contributed by atoms with Crippen LogP contribution in [0.1, 0.15) is 30.1 Å². The Labute approximate surface area is 99.6 Å². The molecule has 1 amide bonds. The van der Waals surface area contributed by atoms with Crippen LogP contribution in [0.5, 0.6) is 0 Å². The van der Waals surface area contributed by atoms with Crippen molar-refractivity contribution in [2.75, 3.05) is 6.54 Å². The van der Waals surface area contributed by atoms with Crippen LogP contribution in [0.15, 0.2) is 10.6 Å². The smallest absolute Gasteiger partial charge is 0.293 e. The third-order valence-electron chi connectivity index (χ3n) is 2.05. The molecule has 0 aliphatic rings. The molecular weight excluding hydrogens is 226 g/mol. The molecule has 0 atom stereocenters. The van der Waals surface area contributed by atoms with Crippen LogP contribution in [0.25, 0.3) is 0 Å². The monoisotopic (exact) mass is 241 g/mol. The number of carbonyl (C=O) groups is 1. The summed E-state index contributed by atoms with van der Waals surface area (Å²) in [6.45, 7) is 5.78. The van der Waals surface area contributed by atoms with Crippen LogP contribution in [-0.4, -0.2) is 33.5 Å². The summed E-state index contributed by atoms with van der Waals surface area (Å²) >= 11 is 4.80. The Balaban J connectivity index is 2.87. The molecule has 1 aromatic rings. The minimum atomic E-state index is -0.247. The summed E-state index contributed by atoms with van der Waals surface area (Å²) in [7, 11) is 0. The fraction of sp³-hybridized carbons (Fsp3) is 0.500. The summed E-state index contributed by atoms with van der Waals surface area (Å²) in [4.78, 5) is 13.8. The van der Waals surface area contributed by atoms with Crippen LogP contribution in [0.2, 0.25) is 0 Å². The van der Waals surface area contributed by atoms with E-state index < -0.39 is 0 Å². The van der Waals surface area contributed by atoms with Gasteiger partial charge in [-0.2, -0.15) is 0 Å². The van der Waals surface area contributed by atoms with Crippen LogP contribution >= 0.6 is 12.2 Å². The molecule has 1 heterocycles. The Bertz CT molecular complexity index is 401. The maximum atomic E-state index is 12.0. The van der Waals surface area contributed by atoms with E-state index in [1.807, 2.05) is 13.8 Å². The van der Waals surface area contributed by atoms with E-state index in [2.05, 4.69) is 5.16 Å². The molecular formula is C10H15N3O2S. The first kappa shape index (κ1) is 12.6. The number of nitrogens with zero attached hydrogens (tertiary/aromatic N) is 2. The van der Waals surface area contributed by atoms with Gasteiger partial charge in [0.2, 0.25) is 5.76 Å². The lowest BCUT2D eigenvalue weighted by Gasteiger charge is -2.24. The van der Waals surface area contributed by atoms with Crippen molar-refractivity contribution in [3.8, 4) is 0 Å². The number of thiocarbonyl (C=S) groups is 1. The lowest BCUT2D eigenvalue weighted by molar-refractivity contribution is 0.0694. The van der Waals surface area contributed by atoms with Gasteiger partial charge in [-0.3, -0.25) is 4.79 Å². The van der Waals surface area contributed by atoms with Crippen molar-refractivity contribution in [1.82, 2.24) is 10.1 Å². The molecule has 0 spiro atoms. The van der Waals surface area contributed by atoms with E-state index in [9.17, 15) is 4.79 Å². The number of nitrogens with two attached hydrogens (primary N) is 1. The summed E-state index contributed by atoms with van der Waals surface area (Å²) < 4.78 is 4.91. The van der Waals surface area contributed by atoms with E-state index >= 15 is 0 Å². The molecule has 5 nitrogen and oxygen atoms in total. The Hall–Kier alpha value is -1.43. The van der Waals surface area contributed by atoms with E-state index in [-0.39, 0.29) is 29.2 Å². The first-order chi connectivity index (χ1) is 7.41. The zero-order chi connectivity index (χ0) is 12.3. The lowest BCUT2D eigenvalue weighted by Crippen LogP contribution is -2.42. The third-order valence-corrected chi connectivity index (χ3v) is 2.18. The Kier molecular flexibility index (Phi) is 4.00. The van der Waals surface area contributed by atoms with Gasteiger partial charge < -0.3 is 15.2 Å². The highest BCUT2D eigenvalue weighted by molar-refractivity contribution is 7.80. The van der Waals surface area contributed by atoms with Crippen molar-refractivity contribution in [3.63, 3.8) is 0 Å². The standard InChI is InChI=1S/C10H15N3O2S/c1-6(2)13(5-9(11)16)10(14)8-4-7(3)12-15-8/h4,6H,5H2,1-3H3,(H2,11,16). The van der Waals surface area contributed by atoms with Gasteiger partial charge in [-0.15, -0.1) is 0 Å². The molecule has 6 heteroatoms. The van der Waals surface area contributed by atoms with Gasteiger partial charge in [0.1, 0.15) is 0 Å². The zero-order valence-electron chi connectivity index (χ0n) is 9.56. The first-order valence-electron chi connectivity index (χ1n) is 4.94. The fourth-order valence-electron chi connectivity index (χ4n) is 1.26. The van der Waals surface area contributed by atoms with Crippen molar-refractivity contribution in [1.29, 1.82) is 0 Å². The summed E-state index contributed by atoms with van der Waals surface area (Å²) in [6.07, 6.45) is 0. The lowest BCUT2D eigenvalue weighted by atomic mass is 10.2. The van der Waals surface area contributed by atoms with Gasteiger partial charge in [0, 0.05) is 12.1 Å². The average Bonchev–Trinajstić information content (AvgIpc) is 2.59. The second-order valence-corrected chi connectivity index (χ2v) is 4.35. The van der Waals surface area contributed by atoms with Gasteiger partial charge in [-0.05, 0) is 20.8 Å². The third kappa shape index (κ3) is 3.03. The minimum Gasteiger partial charge on any atom is -0.392 e. The molecule has 0 aliphatic carbocycles. The number of carbonyl (C=O) groups excluding carboxylic acids is 1. The van der Waals surface area contributed by atoms with E-state index in [0.717, 1.165) is 0 Å². The molecule has 88 valence electrons. The molecule has 16 heavy (non-hydrogen) atoms. The summed E-state index contributed by atoms with van der Waals surface area (Å²) in [5.41, 5.74) is 6.11. The number of amides is 1. The maximum absolute atomic E-state index is 12.0. The Morgan fingerprint density at radius 1 is 1.69 bits per heavy atom. The van der Waals surface area contributed by atoms with Crippen LogP contribution in [0.3, 0.4) is 0 Å². The molecule has 0 bridgehead atoms. The molecule has 2 N–H and O–H groups in total. The second kappa shape index (κ2) is 5.07. The molecule has 0 radical (unpaired) electrons. The molecule has 1 rings (SSSR count). The summed E-state index contributed by atoms with van der Waals surface area (Å²) in [5.74, 6) is -0.0362. The molecule has 0 unspecified atom stereocenters. The van der Waals surface area contributed by atoms with E-state index in [0.29, 0.717) is 5.69 Å². The van der Waals surface area contributed by atoms with Crippen molar-refractivity contribution < 1.29 is 9.32 Å². The molecule has 0 aliphatic heterocycles. The van der Waals surface area contributed by atoms with Gasteiger partial charge >= 0.3 is 0 Å². The SMILES string of the molecule is Cc1cc(C(=O)N(CC(N)=S)C(C)C)on1. The predicted molar refractivity (Wildman–Crippen MR) is 64.2 cm³/mol. The van der Waals surface area contributed by atoms with Gasteiger partial charge in [-0.1, -0.05) is 17.4 Å². The second-order valence-electron chi connectivity index (χ2n) is 3.83. The van der Waals surface area contributed by atoms with Crippen molar-refractivity contribution in [2.24, 2.45) is 5.73 Å². The minimum absolute atomic E-state index is 0.000550. The number of rotatable bonds is 4. The van der Waals surface area contributed by atoms with E-state index in [4.69, 9.17) is 22.5 Å². The fourth-order valence-corrected chi connectivity index (χ4v) is 1.40. The number of aromatic nitrogens is 1. The van der Waals surface area contributed by atoms with Crippen LogP contribution < -0.4 is 5.73 Å². The van der Waals surface area contributed by atoms with Gasteiger partial charge in [0.15, 0.2) is 0 Å². The van der Waals surface area contributed by atoms with Crippen LogP contribution in [0.4, 0.5) is 0 Å². The van der Waals surface area contributed by atoms with Crippen molar-refractivity contribution in [3.05, 3.63) is 17.5 Å². The highest BCUT2D eigenvalue weighted by Gasteiger charge is 2.22. The largest absolute Gasteiger partial charge is 0.392 e. The number of hydrogen-bond donors (Lipinski definition) is 1. The highest BCUT2D eigenvalue weighted by Crippen LogP contribution is 2.09. The summed E-state index contributed by atoms with van der Waals surface area (Å²) in [5, 5.41) is 3.67. The maximum Gasteiger partial charge on any atom is 0.293 e. The highest BCUT2D eigenvalue weighted by atomic mass is 32.1. The van der Waals surface area contributed by atoms with E-state index in [1.165, 1.54) is 0 Å². The van der Waals surface area contributed by atoms with E-state index in [1.54, 1.807) is 17.9 Å². The number of aryl methyl sites for hydroxylation is 1. The topological polar surface area (TPSA) is 72.4 Å². The molecule has 0 aromatic carbocycles. The normalized spacial score (nSPS) is 10.5. The zero-order valence-corrected chi connectivity index (χ0v) is 10.4. The van der Waals surface area contributed by atoms with Crippen molar-refractivity contribution >= 4 is 23.1 Å². The average molecular weight is 241 g/mol. The molecule has 0 saturated heterocycles. The molecule has 1 aromatic heterocycles. The summed E-state index contributed by atoms with van der Waals surface area (Å²) in [6, 6.07) is 1.59. The Morgan fingerprint density at radius 2 is 2.31 bits per heavy atom. The van der Waals surface area contributed by atoms with Crippen LogP contribution in [0, 0.1) is 6.92 Å². The van der Waals surface area contributed by atoms with Gasteiger partial charge in [0.25, 0.3) is 5.91 Å². The van der Waals surface area contributed by atoms with Crippen LogP contribution in [-0.2, 0) is 0 Å². The molecule has 0 fully saturated rings. The quantitative estimate of drug-likeness (QED) is 0.800. The Morgan fingerprint density at radius 3 is 2.69 bits per heavy atom. The predicted octanol–water partition coefficient (Wildman–Crippen LogP) is 1.12.